The van der Waals surface area contributed by atoms with Gasteiger partial charge in [0, 0.05) is 5.54 Å². The molecule has 2 aliphatic rings. The van der Waals surface area contributed by atoms with E-state index >= 15 is 0 Å². The van der Waals surface area contributed by atoms with Crippen LogP contribution in [0, 0.1) is 0 Å². The molecule has 0 amide bonds. The minimum Gasteiger partial charge on any atom is -0.495 e. The fraction of sp³-hybridized carbons (Fsp3) is 0.647. The summed E-state index contributed by atoms with van der Waals surface area (Å²) >= 11 is 6.47. The molecule has 0 heterocycles. The second kappa shape index (κ2) is 5.57. The molecule has 2 fully saturated rings. The van der Waals surface area contributed by atoms with Gasteiger partial charge in [0.2, 0.25) is 0 Å². The molecular formula is C17H24ClNO. The third-order valence-electron chi connectivity index (χ3n) is 5.14. The summed E-state index contributed by atoms with van der Waals surface area (Å²) in [5.74, 6) is 1.45. The van der Waals surface area contributed by atoms with Crippen molar-refractivity contribution in [3.63, 3.8) is 0 Å². The Balaban J connectivity index is 2.04. The Morgan fingerprint density at radius 2 is 1.80 bits per heavy atom. The first-order valence-electron chi connectivity index (χ1n) is 7.81. The minimum absolute atomic E-state index is 0.177. The van der Waals surface area contributed by atoms with Crippen molar-refractivity contribution >= 4 is 11.6 Å². The average molecular weight is 294 g/mol. The number of benzene rings is 1. The summed E-state index contributed by atoms with van der Waals surface area (Å²) in [6.07, 6.45) is 9.69. The molecule has 110 valence electrons. The van der Waals surface area contributed by atoms with E-state index in [0.29, 0.717) is 5.92 Å². The second-order valence-corrected chi connectivity index (χ2v) is 6.83. The molecule has 0 aromatic heterocycles. The van der Waals surface area contributed by atoms with Crippen LogP contribution in [0.25, 0.3) is 0 Å². The third-order valence-corrected chi connectivity index (χ3v) is 5.42. The zero-order valence-corrected chi connectivity index (χ0v) is 13.0. The highest BCUT2D eigenvalue weighted by Gasteiger charge is 2.33. The van der Waals surface area contributed by atoms with Crippen LogP contribution in [0.2, 0.25) is 5.02 Å². The number of rotatable bonds is 3. The Morgan fingerprint density at radius 3 is 2.40 bits per heavy atom. The first-order chi connectivity index (χ1) is 9.64. The Bertz CT molecular complexity index is 488. The van der Waals surface area contributed by atoms with Crippen molar-refractivity contribution in [1.29, 1.82) is 0 Å². The van der Waals surface area contributed by atoms with E-state index in [9.17, 15) is 0 Å². The molecule has 0 atom stereocenters. The maximum Gasteiger partial charge on any atom is 0.140 e. The lowest BCUT2D eigenvalue weighted by atomic mass is 9.85. The Kier molecular flexibility index (Phi) is 3.96. The Morgan fingerprint density at radius 1 is 1.15 bits per heavy atom. The maximum absolute atomic E-state index is 6.61. The molecule has 2 nitrogen and oxygen atoms in total. The first-order valence-corrected chi connectivity index (χ1v) is 8.18. The smallest absolute Gasteiger partial charge is 0.140 e. The molecule has 1 aromatic carbocycles. The number of hydrogen-bond acceptors (Lipinski definition) is 2. The van der Waals surface area contributed by atoms with Gasteiger partial charge in [0.05, 0.1) is 12.1 Å². The van der Waals surface area contributed by atoms with E-state index in [2.05, 4.69) is 6.07 Å². The fourth-order valence-electron chi connectivity index (χ4n) is 3.95. The van der Waals surface area contributed by atoms with Gasteiger partial charge in [-0.25, -0.2) is 0 Å². The van der Waals surface area contributed by atoms with Crippen LogP contribution < -0.4 is 10.5 Å². The van der Waals surface area contributed by atoms with E-state index < -0.39 is 0 Å². The lowest BCUT2D eigenvalue weighted by Crippen LogP contribution is -2.33. The molecule has 2 saturated carbocycles. The SMILES string of the molecule is COc1c(Cl)cc(C2(N)CCCC2)cc1C1CCCC1. The summed E-state index contributed by atoms with van der Waals surface area (Å²) in [6, 6.07) is 4.32. The van der Waals surface area contributed by atoms with Crippen LogP contribution in [0.4, 0.5) is 0 Å². The van der Waals surface area contributed by atoms with E-state index in [0.717, 1.165) is 23.6 Å². The van der Waals surface area contributed by atoms with Crippen molar-refractivity contribution in [2.24, 2.45) is 5.73 Å². The molecule has 0 unspecified atom stereocenters. The van der Waals surface area contributed by atoms with Crippen LogP contribution in [0.5, 0.6) is 5.75 Å². The van der Waals surface area contributed by atoms with Crippen molar-refractivity contribution in [1.82, 2.24) is 0 Å². The number of nitrogens with two attached hydrogens (primary N) is 1. The molecule has 2 aliphatic carbocycles. The van der Waals surface area contributed by atoms with Gasteiger partial charge in [0.25, 0.3) is 0 Å². The average Bonchev–Trinajstić information content (AvgIpc) is 3.09. The van der Waals surface area contributed by atoms with Gasteiger partial charge in [-0.2, -0.15) is 0 Å². The lowest BCUT2D eigenvalue weighted by Gasteiger charge is -2.27. The number of hydrogen-bond donors (Lipinski definition) is 1. The van der Waals surface area contributed by atoms with E-state index in [1.807, 2.05) is 6.07 Å². The standard InChI is InChI=1S/C17H24ClNO/c1-20-16-14(12-6-2-3-7-12)10-13(11-15(16)18)17(19)8-4-5-9-17/h10-12H,2-9,19H2,1H3. The molecule has 3 heteroatoms. The molecule has 1 aromatic rings. The summed E-state index contributed by atoms with van der Waals surface area (Å²) in [7, 11) is 1.72. The second-order valence-electron chi connectivity index (χ2n) is 6.43. The van der Waals surface area contributed by atoms with Gasteiger partial charge in [-0.1, -0.05) is 37.3 Å². The zero-order chi connectivity index (χ0) is 14.2. The van der Waals surface area contributed by atoms with Crippen LogP contribution in [0.1, 0.15) is 68.4 Å². The zero-order valence-electron chi connectivity index (χ0n) is 12.3. The number of ether oxygens (including phenoxy) is 1. The van der Waals surface area contributed by atoms with E-state index in [1.165, 1.54) is 49.7 Å². The molecule has 0 bridgehead atoms. The van der Waals surface area contributed by atoms with Gasteiger partial charge in [-0.3, -0.25) is 0 Å². The molecule has 0 radical (unpaired) electrons. The van der Waals surface area contributed by atoms with E-state index in [1.54, 1.807) is 7.11 Å². The van der Waals surface area contributed by atoms with Crippen LogP contribution in [0.15, 0.2) is 12.1 Å². The van der Waals surface area contributed by atoms with Crippen LogP contribution >= 0.6 is 11.6 Å². The van der Waals surface area contributed by atoms with Gasteiger partial charge in [-0.15, -0.1) is 0 Å². The molecule has 0 saturated heterocycles. The largest absolute Gasteiger partial charge is 0.495 e. The highest BCUT2D eigenvalue weighted by atomic mass is 35.5. The van der Waals surface area contributed by atoms with Crippen LogP contribution in [-0.2, 0) is 5.54 Å². The topological polar surface area (TPSA) is 35.2 Å². The monoisotopic (exact) mass is 293 g/mol. The normalized spacial score (nSPS) is 22.4. The molecular weight excluding hydrogens is 270 g/mol. The number of methoxy groups -OCH3 is 1. The van der Waals surface area contributed by atoms with Gasteiger partial charge < -0.3 is 10.5 Å². The lowest BCUT2D eigenvalue weighted by molar-refractivity contribution is 0.403. The summed E-state index contributed by atoms with van der Waals surface area (Å²) in [6.45, 7) is 0. The molecule has 2 N–H and O–H groups in total. The van der Waals surface area contributed by atoms with Gasteiger partial charge in [0.15, 0.2) is 0 Å². The fourth-order valence-corrected chi connectivity index (χ4v) is 4.26. The highest BCUT2D eigenvalue weighted by Crippen LogP contribution is 2.45. The van der Waals surface area contributed by atoms with E-state index in [-0.39, 0.29) is 5.54 Å². The predicted octanol–water partition coefficient (Wildman–Crippen LogP) is 4.73. The third kappa shape index (κ3) is 2.44. The molecule has 3 rings (SSSR count). The van der Waals surface area contributed by atoms with Crippen molar-refractivity contribution in [2.75, 3.05) is 7.11 Å². The predicted molar refractivity (Wildman–Crippen MR) is 83.5 cm³/mol. The Labute approximate surface area is 126 Å². The van der Waals surface area contributed by atoms with Gasteiger partial charge in [-0.05, 0) is 54.9 Å². The van der Waals surface area contributed by atoms with Gasteiger partial charge in [0.1, 0.15) is 5.75 Å². The van der Waals surface area contributed by atoms with Crippen molar-refractivity contribution in [3.8, 4) is 5.75 Å². The summed E-state index contributed by atoms with van der Waals surface area (Å²) < 4.78 is 5.57. The molecule has 20 heavy (non-hydrogen) atoms. The van der Waals surface area contributed by atoms with Crippen molar-refractivity contribution < 1.29 is 4.74 Å². The quantitative estimate of drug-likeness (QED) is 0.874. The number of halogens is 1. The van der Waals surface area contributed by atoms with Crippen LogP contribution in [0.3, 0.4) is 0 Å². The first kappa shape index (κ1) is 14.2. The van der Waals surface area contributed by atoms with Gasteiger partial charge >= 0.3 is 0 Å². The highest BCUT2D eigenvalue weighted by molar-refractivity contribution is 6.32. The van der Waals surface area contributed by atoms with E-state index in [4.69, 9.17) is 22.1 Å². The van der Waals surface area contributed by atoms with Crippen molar-refractivity contribution in [3.05, 3.63) is 28.3 Å². The summed E-state index contributed by atoms with van der Waals surface area (Å²) in [4.78, 5) is 0. The molecule has 0 spiro atoms. The minimum atomic E-state index is -0.177. The van der Waals surface area contributed by atoms with Crippen LogP contribution in [-0.4, -0.2) is 7.11 Å². The van der Waals surface area contributed by atoms with Crippen molar-refractivity contribution in [2.45, 2.75) is 62.8 Å². The molecule has 0 aliphatic heterocycles. The maximum atomic E-state index is 6.61. The summed E-state index contributed by atoms with van der Waals surface area (Å²) in [5.41, 5.74) is 8.92. The summed E-state index contributed by atoms with van der Waals surface area (Å²) in [5, 5.41) is 0.726. The Hall–Kier alpha value is -0.730.